The third kappa shape index (κ3) is 4.05. The van der Waals surface area contributed by atoms with Crippen LogP contribution >= 0.6 is 12.2 Å². The number of nitrogens with zero attached hydrogens (tertiary/aromatic N) is 3. The number of ether oxygens (including phenoxy) is 1. The number of aryl methyl sites for hydroxylation is 1. The van der Waals surface area contributed by atoms with Gasteiger partial charge in [-0.15, -0.1) is 0 Å². The van der Waals surface area contributed by atoms with Crippen LogP contribution in [0.25, 0.3) is 0 Å². The van der Waals surface area contributed by atoms with E-state index in [1.165, 1.54) is 22.5 Å². The molecule has 4 aromatic rings. The summed E-state index contributed by atoms with van der Waals surface area (Å²) in [6.07, 6.45) is 1.84. The zero-order valence-electron chi connectivity index (χ0n) is 19.6. The summed E-state index contributed by atoms with van der Waals surface area (Å²) in [5.41, 5.74) is 6.98. The van der Waals surface area contributed by atoms with Crippen LogP contribution in [0.5, 0.6) is 5.75 Å². The summed E-state index contributed by atoms with van der Waals surface area (Å²) in [5, 5.41) is 4.25. The van der Waals surface area contributed by atoms with Gasteiger partial charge in [0.2, 0.25) is 0 Å². The topological polar surface area (TPSA) is 42.3 Å². The Morgan fingerprint density at radius 3 is 2.38 bits per heavy atom. The van der Waals surface area contributed by atoms with E-state index in [0.717, 1.165) is 23.7 Å². The minimum absolute atomic E-state index is 0.0356. The fourth-order valence-electron chi connectivity index (χ4n) is 4.83. The molecule has 0 radical (unpaired) electrons. The quantitative estimate of drug-likeness (QED) is 0.366. The monoisotopic (exact) mass is 468 g/mol. The zero-order valence-corrected chi connectivity index (χ0v) is 20.4. The van der Waals surface area contributed by atoms with Gasteiger partial charge in [-0.1, -0.05) is 36.4 Å². The first-order chi connectivity index (χ1) is 16.6. The van der Waals surface area contributed by atoms with Crippen LogP contribution < -0.4 is 15.0 Å². The van der Waals surface area contributed by atoms with Gasteiger partial charge >= 0.3 is 0 Å². The van der Waals surface area contributed by atoms with E-state index in [2.05, 4.69) is 88.2 Å². The maximum absolute atomic E-state index is 5.87. The van der Waals surface area contributed by atoms with Crippen molar-refractivity contribution in [1.82, 2.24) is 14.9 Å². The lowest BCUT2D eigenvalue weighted by atomic mass is 9.96. The smallest absolute Gasteiger partial charge is 0.174 e. The molecule has 5 rings (SSSR count). The Morgan fingerprint density at radius 2 is 1.71 bits per heavy atom. The second kappa shape index (κ2) is 9.31. The molecule has 0 bridgehead atoms. The van der Waals surface area contributed by atoms with Gasteiger partial charge in [0.25, 0.3) is 0 Å². The predicted molar refractivity (Wildman–Crippen MR) is 140 cm³/mol. The Hall–Kier alpha value is -3.64. The molecule has 1 fully saturated rings. The molecular formula is C28H28N4OS. The lowest BCUT2D eigenvalue weighted by Crippen LogP contribution is -2.29. The van der Waals surface area contributed by atoms with E-state index < -0.39 is 0 Å². The largest absolute Gasteiger partial charge is 0.497 e. The molecule has 2 aromatic heterocycles. The summed E-state index contributed by atoms with van der Waals surface area (Å²) >= 11 is 5.87. The van der Waals surface area contributed by atoms with Crippen LogP contribution in [0.2, 0.25) is 0 Å². The molecule has 0 saturated carbocycles. The molecule has 3 heterocycles. The molecule has 1 aliphatic rings. The summed E-state index contributed by atoms with van der Waals surface area (Å²) in [6, 6.07) is 26.9. The minimum Gasteiger partial charge on any atom is -0.497 e. The van der Waals surface area contributed by atoms with Gasteiger partial charge in [0.15, 0.2) is 5.11 Å². The lowest BCUT2D eigenvalue weighted by molar-refractivity contribution is 0.415. The Bertz CT molecular complexity index is 1290. The molecule has 1 aliphatic heterocycles. The fraction of sp³-hybridized carbons (Fsp3) is 0.214. The van der Waals surface area contributed by atoms with Crippen molar-refractivity contribution < 1.29 is 4.74 Å². The van der Waals surface area contributed by atoms with Gasteiger partial charge in [0.1, 0.15) is 5.75 Å². The van der Waals surface area contributed by atoms with Crippen molar-refractivity contribution in [3.63, 3.8) is 0 Å². The highest BCUT2D eigenvalue weighted by molar-refractivity contribution is 7.80. The van der Waals surface area contributed by atoms with Crippen molar-refractivity contribution in [3.05, 3.63) is 113 Å². The molecule has 1 saturated heterocycles. The number of thiocarbonyl (C=S) groups is 1. The van der Waals surface area contributed by atoms with Crippen molar-refractivity contribution in [2.45, 2.75) is 32.5 Å². The van der Waals surface area contributed by atoms with Crippen molar-refractivity contribution >= 4 is 23.0 Å². The summed E-state index contributed by atoms with van der Waals surface area (Å²) in [5.74, 6) is 0.820. The number of pyridine rings is 1. The lowest BCUT2D eigenvalue weighted by Gasteiger charge is -2.28. The predicted octanol–water partition coefficient (Wildman–Crippen LogP) is 5.73. The number of benzene rings is 2. The van der Waals surface area contributed by atoms with Crippen molar-refractivity contribution in [3.8, 4) is 5.75 Å². The number of anilines is 1. The average molecular weight is 469 g/mol. The van der Waals surface area contributed by atoms with Crippen LogP contribution in [0.3, 0.4) is 0 Å². The van der Waals surface area contributed by atoms with Gasteiger partial charge in [-0.05, 0) is 79.7 Å². The van der Waals surface area contributed by atoms with Crippen LogP contribution in [0.4, 0.5) is 5.69 Å². The van der Waals surface area contributed by atoms with Crippen LogP contribution in [-0.4, -0.2) is 21.8 Å². The molecule has 0 aliphatic carbocycles. The molecule has 0 amide bonds. The molecule has 1 N–H and O–H groups in total. The van der Waals surface area contributed by atoms with E-state index in [1.54, 1.807) is 7.11 Å². The van der Waals surface area contributed by atoms with Crippen LogP contribution in [0.15, 0.2) is 85.1 Å². The van der Waals surface area contributed by atoms with Gasteiger partial charge in [0.05, 0.1) is 24.9 Å². The van der Waals surface area contributed by atoms with Gasteiger partial charge in [-0.2, -0.15) is 0 Å². The Morgan fingerprint density at radius 1 is 0.971 bits per heavy atom. The summed E-state index contributed by atoms with van der Waals surface area (Å²) in [7, 11) is 1.68. The third-order valence-corrected chi connectivity index (χ3v) is 6.88. The van der Waals surface area contributed by atoms with Gasteiger partial charge in [-0.3, -0.25) is 4.98 Å². The third-order valence-electron chi connectivity index (χ3n) is 6.56. The zero-order chi connectivity index (χ0) is 23.7. The Kier molecular flexibility index (Phi) is 6.07. The van der Waals surface area contributed by atoms with Crippen molar-refractivity contribution in [1.29, 1.82) is 0 Å². The van der Waals surface area contributed by atoms with Crippen LogP contribution in [0.1, 0.15) is 40.3 Å². The van der Waals surface area contributed by atoms with Gasteiger partial charge in [0, 0.05) is 29.8 Å². The number of hydrogen-bond donors (Lipinski definition) is 1. The molecule has 34 heavy (non-hydrogen) atoms. The van der Waals surface area contributed by atoms with Crippen LogP contribution in [-0.2, 0) is 6.54 Å². The summed E-state index contributed by atoms with van der Waals surface area (Å²) < 4.78 is 7.76. The highest BCUT2D eigenvalue weighted by Gasteiger charge is 2.42. The van der Waals surface area contributed by atoms with E-state index in [9.17, 15) is 0 Å². The molecule has 0 spiro atoms. The number of hydrogen-bond acceptors (Lipinski definition) is 3. The van der Waals surface area contributed by atoms with Crippen molar-refractivity contribution in [2.75, 3.05) is 12.0 Å². The Balaban J connectivity index is 1.61. The first-order valence-electron chi connectivity index (χ1n) is 11.4. The normalized spacial score (nSPS) is 17.6. The summed E-state index contributed by atoms with van der Waals surface area (Å²) in [6.45, 7) is 5.21. The molecule has 6 heteroatoms. The minimum atomic E-state index is -0.0681. The highest BCUT2D eigenvalue weighted by atomic mass is 32.1. The van der Waals surface area contributed by atoms with E-state index in [1.807, 2.05) is 30.5 Å². The second-order valence-electron chi connectivity index (χ2n) is 8.59. The van der Waals surface area contributed by atoms with Gasteiger partial charge < -0.3 is 19.5 Å². The molecule has 5 nitrogen and oxygen atoms in total. The first-order valence-corrected chi connectivity index (χ1v) is 11.8. The number of methoxy groups -OCH3 is 1. The molecule has 2 atom stereocenters. The SMILES string of the molecule is COc1ccc(N2C(=S)N[C@H](c3ccccn3)[C@H]2c2cc(C)n(Cc3ccccc3)c2C)cc1. The summed E-state index contributed by atoms with van der Waals surface area (Å²) in [4.78, 5) is 6.89. The maximum Gasteiger partial charge on any atom is 0.174 e. The maximum atomic E-state index is 5.87. The van der Waals surface area contributed by atoms with Gasteiger partial charge in [-0.25, -0.2) is 0 Å². The molecule has 2 aromatic carbocycles. The first kappa shape index (κ1) is 22.2. The van der Waals surface area contributed by atoms with E-state index in [-0.39, 0.29) is 12.1 Å². The van der Waals surface area contributed by atoms with Crippen molar-refractivity contribution in [2.24, 2.45) is 0 Å². The molecular weight excluding hydrogens is 440 g/mol. The number of nitrogens with one attached hydrogen (secondary N) is 1. The van der Waals surface area contributed by atoms with E-state index in [4.69, 9.17) is 17.0 Å². The van der Waals surface area contributed by atoms with Crippen LogP contribution in [0, 0.1) is 13.8 Å². The van der Waals surface area contributed by atoms with E-state index >= 15 is 0 Å². The Labute approximate surface area is 206 Å². The van der Waals surface area contributed by atoms with E-state index in [0.29, 0.717) is 5.11 Å². The second-order valence-corrected chi connectivity index (χ2v) is 8.98. The number of aromatic nitrogens is 2. The molecule has 172 valence electrons. The fourth-order valence-corrected chi connectivity index (χ4v) is 5.17. The highest BCUT2D eigenvalue weighted by Crippen LogP contribution is 2.43. The number of rotatable bonds is 6. The average Bonchev–Trinajstić information content (AvgIpc) is 3.36. The standard InChI is InChI=1S/C28H28N4OS/c1-19-17-24(20(2)31(19)18-21-9-5-4-6-10-21)27-26(25-11-7-8-16-29-25)30-28(34)32(27)22-12-14-23(33-3)15-13-22/h4-17,26-27H,18H2,1-3H3,(H,30,34)/t26-,27-/m1/s1. The molecule has 0 unspecified atom stereocenters.